The molecular weight excluding hydrogens is 690 g/mol. The van der Waals surface area contributed by atoms with Crippen LogP contribution in [-0.4, -0.2) is 55.4 Å². The van der Waals surface area contributed by atoms with Crippen LogP contribution in [0.2, 0.25) is 0 Å². The molecule has 8 rings (SSSR count). The minimum atomic E-state index is -0.566. The molecule has 3 aromatic carbocycles. The van der Waals surface area contributed by atoms with Crippen LogP contribution in [0.25, 0.3) is 15.3 Å². The van der Waals surface area contributed by atoms with Gasteiger partial charge in [-0.25, -0.2) is 14.2 Å². The van der Waals surface area contributed by atoms with E-state index in [0.717, 1.165) is 66.4 Å². The maximum absolute atomic E-state index is 14.6. The number of hydrogen-bond acceptors (Lipinski definition) is 7. The summed E-state index contributed by atoms with van der Waals surface area (Å²) in [5.41, 5.74) is 5.42. The summed E-state index contributed by atoms with van der Waals surface area (Å²) in [6, 6.07) is 22.5. The van der Waals surface area contributed by atoms with Crippen LogP contribution < -0.4 is 15.1 Å². The zero-order chi connectivity index (χ0) is 36.7. The molecular formula is C42H36FN5O4S. The van der Waals surface area contributed by atoms with E-state index in [1.807, 2.05) is 43.3 Å². The fourth-order valence-corrected chi connectivity index (χ4v) is 8.77. The van der Waals surface area contributed by atoms with Gasteiger partial charge in [0.1, 0.15) is 11.6 Å². The summed E-state index contributed by atoms with van der Waals surface area (Å²) in [5.74, 6) is -0.577. The summed E-state index contributed by atoms with van der Waals surface area (Å²) in [4.78, 5) is 54.4. The number of para-hydroxylation sites is 1. The van der Waals surface area contributed by atoms with Gasteiger partial charge in [0.25, 0.3) is 11.8 Å². The highest BCUT2D eigenvalue weighted by molar-refractivity contribution is 7.17. The van der Waals surface area contributed by atoms with E-state index in [1.54, 1.807) is 35.4 Å². The molecule has 0 radical (unpaired) electrons. The highest BCUT2D eigenvalue weighted by Gasteiger charge is 2.45. The highest BCUT2D eigenvalue weighted by atomic mass is 32.1. The maximum Gasteiger partial charge on any atom is 0.259 e. The maximum atomic E-state index is 14.6. The molecule has 3 aliphatic rings. The third-order valence-corrected chi connectivity index (χ3v) is 11.7. The van der Waals surface area contributed by atoms with Crippen LogP contribution in [0.4, 0.5) is 27.3 Å². The Labute approximate surface area is 310 Å². The number of ketones is 1. The zero-order valence-corrected chi connectivity index (χ0v) is 30.0. The van der Waals surface area contributed by atoms with Gasteiger partial charge in [-0.1, -0.05) is 30.3 Å². The van der Waals surface area contributed by atoms with Gasteiger partial charge < -0.3 is 19.9 Å². The van der Waals surface area contributed by atoms with Crippen molar-refractivity contribution in [2.75, 3.05) is 48.0 Å². The standard InChI is InChI=1S/C42H36FN5O4S/c1-26-20-32(39(45-23-26)47-24-42(25-47)15-18-52-19-16-42)40(50)46-29-12-10-27(11-13-29)41(51)48-17-14-28-21-37(53-38(28)30-6-3-4-9-35(30)48)36(49)22-31-33(43)7-5-8-34(31)44-2/h3-13,20-21,23H,14-19,22,24-25H2,1H3,(H,46,50). The van der Waals surface area contributed by atoms with Gasteiger partial charge in [0, 0.05) is 78.1 Å². The van der Waals surface area contributed by atoms with Crippen molar-refractivity contribution in [3.8, 4) is 10.4 Å². The van der Waals surface area contributed by atoms with E-state index in [1.165, 1.54) is 29.5 Å². The van der Waals surface area contributed by atoms with Crippen LogP contribution >= 0.6 is 11.3 Å². The molecule has 9 nitrogen and oxygen atoms in total. The largest absolute Gasteiger partial charge is 0.381 e. The van der Waals surface area contributed by atoms with Crippen molar-refractivity contribution in [2.24, 2.45) is 5.41 Å². The molecule has 2 amide bonds. The molecule has 11 heteroatoms. The number of nitrogens with one attached hydrogen (secondary N) is 1. The molecule has 0 unspecified atom stereocenters. The first kappa shape index (κ1) is 34.4. The quantitative estimate of drug-likeness (QED) is 0.134. The number of ether oxygens (including phenoxy) is 1. The predicted octanol–water partition coefficient (Wildman–Crippen LogP) is 8.31. The number of benzene rings is 3. The minimum absolute atomic E-state index is 0.103. The van der Waals surface area contributed by atoms with Gasteiger partial charge >= 0.3 is 0 Å². The third kappa shape index (κ3) is 6.60. The van der Waals surface area contributed by atoms with Gasteiger partial charge in [-0.2, -0.15) is 0 Å². The first-order chi connectivity index (χ1) is 25.7. The number of hydrogen-bond donors (Lipinski definition) is 1. The lowest BCUT2D eigenvalue weighted by molar-refractivity contribution is -0.000511. The Morgan fingerprint density at radius 3 is 2.57 bits per heavy atom. The fourth-order valence-electron chi connectivity index (χ4n) is 7.58. The fraction of sp³-hybridized carbons (Fsp3) is 0.262. The van der Waals surface area contributed by atoms with Gasteiger partial charge in [-0.15, -0.1) is 11.3 Å². The minimum Gasteiger partial charge on any atom is -0.381 e. The van der Waals surface area contributed by atoms with E-state index in [4.69, 9.17) is 11.3 Å². The molecule has 53 heavy (non-hydrogen) atoms. The van der Waals surface area contributed by atoms with E-state index in [9.17, 15) is 18.8 Å². The van der Waals surface area contributed by atoms with Crippen LogP contribution in [0.1, 0.15) is 59.9 Å². The molecule has 2 fully saturated rings. The van der Waals surface area contributed by atoms with Crippen molar-refractivity contribution in [3.63, 3.8) is 0 Å². The molecule has 0 saturated carbocycles. The van der Waals surface area contributed by atoms with E-state index in [-0.39, 0.29) is 40.7 Å². The second-order valence-corrected chi connectivity index (χ2v) is 15.1. The van der Waals surface area contributed by atoms with Crippen LogP contribution in [0.3, 0.4) is 0 Å². The lowest BCUT2D eigenvalue weighted by atomic mass is 9.73. The monoisotopic (exact) mass is 725 g/mol. The number of aryl methyl sites for hydroxylation is 1. The Bertz CT molecular complexity index is 2300. The summed E-state index contributed by atoms with van der Waals surface area (Å²) in [6.07, 6.45) is 4.14. The molecule has 5 aromatic rings. The van der Waals surface area contributed by atoms with E-state index < -0.39 is 5.82 Å². The van der Waals surface area contributed by atoms with Gasteiger partial charge in [-0.05, 0) is 85.8 Å². The Kier molecular flexibility index (Phi) is 9.10. The first-order valence-electron chi connectivity index (χ1n) is 17.6. The predicted molar refractivity (Wildman–Crippen MR) is 204 cm³/mol. The molecule has 0 atom stereocenters. The Balaban J connectivity index is 0.978. The SMILES string of the molecule is [C-]#[N+]c1cccc(F)c1CC(=O)c1cc2c(s1)-c1ccccc1N(C(=O)c1ccc(NC(=O)c3cc(C)cnc3N3CC4(CCOCC4)C3)cc1)CC2. The topological polar surface area (TPSA) is 96.2 Å². The number of rotatable bonds is 7. The molecule has 2 saturated heterocycles. The van der Waals surface area contributed by atoms with Gasteiger partial charge in [0.2, 0.25) is 0 Å². The second-order valence-electron chi connectivity index (χ2n) is 14.0. The number of thiophene rings is 1. The Morgan fingerprint density at radius 2 is 1.79 bits per heavy atom. The van der Waals surface area contributed by atoms with Crippen molar-refractivity contribution < 1.29 is 23.5 Å². The number of Topliss-reactive ketones (excluding diaryl/α,β-unsaturated/α-hetero) is 1. The van der Waals surface area contributed by atoms with E-state index in [0.29, 0.717) is 40.5 Å². The van der Waals surface area contributed by atoms with Crippen LogP contribution in [0, 0.1) is 24.7 Å². The number of pyridine rings is 1. The molecule has 0 aliphatic carbocycles. The molecule has 1 spiro atoms. The number of aromatic nitrogens is 1. The molecule has 3 aliphatic heterocycles. The second kappa shape index (κ2) is 14.0. The van der Waals surface area contributed by atoms with Gasteiger partial charge in [0.15, 0.2) is 11.5 Å². The number of anilines is 3. The van der Waals surface area contributed by atoms with Crippen LogP contribution in [-0.2, 0) is 17.6 Å². The van der Waals surface area contributed by atoms with Crippen molar-refractivity contribution in [3.05, 3.63) is 135 Å². The Morgan fingerprint density at radius 1 is 1.02 bits per heavy atom. The lowest BCUT2D eigenvalue weighted by Crippen LogP contribution is -2.59. The van der Waals surface area contributed by atoms with E-state index >= 15 is 0 Å². The summed E-state index contributed by atoms with van der Waals surface area (Å²) in [7, 11) is 0. The molecule has 2 aromatic heterocycles. The lowest BCUT2D eigenvalue weighted by Gasteiger charge is -2.53. The van der Waals surface area contributed by atoms with Crippen molar-refractivity contribution in [1.29, 1.82) is 0 Å². The van der Waals surface area contributed by atoms with Gasteiger partial charge in [-0.3, -0.25) is 14.4 Å². The van der Waals surface area contributed by atoms with Crippen molar-refractivity contribution >= 4 is 51.8 Å². The van der Waals surface area contributed by atoms with Crippen LogP contribution in [0.15, 0.2) is 85.1 Å². The summed E-state index contributed by atoms with van der Waals surface area (Å²) >= 11 is 1.33. The third-order valence-electron chi connectivity index (χ3n) is 10.5. The van der Waals surface area contributed by atoms with E-state index in [2.05, 4.69) is 20.0 Å². The number of fused-ring (bicyclic) bond motifs is 3. The summed E-state index contributed by atoms with van der Waals surface area (Å²) in [5, 5.41) is 3.01. The summed E-state index contributed by atoms with van der Waals surface area (Å²) in [6.45, 7) is 13.0. The molecule has 5 heterocycles. The average molecular weight is 726 g/mol. The van der Waals surface area contributed by atoms with Crippen LogP contribution in [0.5, 0.6) is 0 Å². The smallest absolute Gasteiger partial charge is 0.259 e. The molecule has 0 bridgehead atoms. The number of amides is 2. The zero-order valence-electron chi connectivity index (χ0n) is 29.2. The number of nitrogens with zero attached hydrogens (tertiary/aromatic N) is 4. The Hall–Kier alpha value is -5.70. The van der Waals surface area contributed by atoms with Crippen molar-refractivity contribution in [2.45, 2.75) is 32.6 Å². The number of carbonyl (C=O) groups is 3. The molecule has 266 valence electrons. The highest BCUT2D eigenvalue weighted by Crippen LogP contribution is 2.44. The number of halogens is 1. The van der Waals surface area contributed by atoms with Gasteiger partial charge in [0.05, 0.1) is 22.7 Å². The summed E-state index contributed by atoms with van der Waals surface area (Å²) < 4.78 is 20.1. The number of carbonyl (C=O) groups excluding carboxylic acids is 3. The van der Waals surface area contributed by atoms with Crippen molar-refractivity contribution in [1.82, 2.24) is 4.98 Å². The first-order valence-corrected chi connectivity index (χ1v) is 18.5. The normalized spacial score (nSPS) is 15.8. The molecule has 1 N–H and O–H groups in total. The average Bonchev–Trinajstić information content (AvgIpc) is 3.53.